The Balaban J connectivity index is 2.79. The van der Waals surface area contributed by atoms with Gasteiger partial charge >= 0.3 is 73.3 Å². The van der Waals surface area contributed by atoms with Crippen LogP contribution in [0.2, 0.25) is 6.82 Å². The number of aliphatic hydroxyl groups excluding tert-OH is 1. The van der Waals surface area contributed by atoms with Crippen molar-refractivity contribution in [2.45, 2.75) is 26.3 Å². The Morgan fingerprint density at radius 2 is 2.50 bits per heavy atom. The van der Waals surface area contributed by atoms with E-state index >= 15 is 0 Å². The van der Waals surface area contributed by atoms with Gasteiger partial charge in [-0.05, 0) is 0 Å². The van der Waals surface area contributed by atoms with Gasteiger partial charge in [0, 0.05) is 0 Å². The van der Waals surface area contributed by atoms with Crippen molar-refractivity contribution in [1.29, 1.82) is 0 Å². The normalized spacial score (nSPS) is 21.6. The summed E-state index contributed by atoms with van der Waals surface area (Å²) in [4.78, 5) is 0. The third-order valence-corrected chi connectivity index (χ3v) is 1.83. The second-order valence-electron chi connectivity index (χ2n) is 2.86. The number of hydrogen-bond acceptors (Lipinski definition) is 1. The zero-order chi connectivity index (χ0) is 8.97. The van der Waals surface area contributed by atoms with Gasteiger partial charge in [0.05, 0.1) is 0 Å². The van der Waals surface area contributed by atoms with Crippen LogP contribution in [-0.4, -0.2) is 24.1 Å². The summed E-state index contributed by atoms with van der Waals surface area (Å²) < 4.78 is 0. The molecule has 12 heavy (non-hydrogen) atoms. The van der Waals surface area contributed by atoms with E-state index < -0.39 is 6.10 Å². The number of allylic oxidation sites excluding steroid dienone is 1. The van der Waals surface area contributed by atoms with E-state index in [1.54, 1.807) is 6.92 Å². The fourth-order valence-corrected chi connectivity index (χ4v) is 1.23. The van der Waals surface area contributed by atoms with Crippen LogP contribution in [0.3, 0.4) is 0 Å². The van der Waals surface area contributed by atoms with Crippen LogP contribution in [0.1, 0.15) is 13.3 Å². The first-order valence-electron chi connectivity index (χ1n) is 4.21. The van der Waals surface area contributed by atoms with Gasteiger partial charge in [-0.15, -0.1) is 0 Å². The maximum absolute atomic E-state index is 9.34. The fourth-order valence-electron chi connectivity index (χ4n) is 1.23. The molecule has 0 amide bonds. The first-order valence-corrected chi connectivity index (χ1v) is 4.21. The van der Waals surface area contributed by atoms with Crippen molar-refractivity contribution < 1.29 is 5.11 Å². The predicted molar refractivity (Wildman–Crippen MR) is 53.7 cm³/mol. The molecule has 0 fully saturated rings. The monoisotopic (exact) mass is 160 g/mol. The summed E-state index contributed by atoms with van der Waals surface area (Å²) in [5.41, 5.74) is 5.15. The SMILES string of the molecule is CB=C/C=C1\CC=C=C1C(C)O. The summed E-state index contributed by atoms with van der Waals surface area (Å²) in [6.45, 7) is 5.72. The van der Waals surface area contributed by atoms with E-state index in [9.17, 15) is 5.11 Å². The van der Waals surface area contributed by atoms with Gasteiger partial charge in [-0.2, -0.15) is 0 Å². The Morgan fingerprint density at radius 1 is 1.75 bits per heavy atom. The van der Waals surface area contributed by atoms with Crippen LogP contribution in [0.15, 0.2) is 29.0 Å². The van der Waals surface area contributed by atoms with Crippen molar-refractivity contribution in [1.82, 2.24) is 0 Å². The van der Waals surface area contributed by atoms with Crippen LogP contribution < -0.4 is 0 Å². The molecule has 1 aliphatic rings. The average molecular weight is 160 g/mol. The summed E-state index contributed by atoms with van der Waals surface area (Å²) in [5.74, 6) is 1.98. The number of aliphatic hydroxyl groups is 1. The maximum atomic E-state index is 9.34. The molecule has 1 rings (SSSR count). The van der Waals surface area contributed by atoms with E-state index in [0.29, 0.717) is 0 Å². The standard InChI is InChI=1S/C10H13BO/c1-8(12)10-5-3-4-9(10)6-7-11-2/h3,6-8,12H,4H2,1-2H3/b9-6+. The van der Waals surface area contributed by atoms with Gasteiger partial charge in [-0.1, -0.05) is 0 Å². The summed E-state index contributed by atoms with van der Waals surface area (Å²) in [7, 11) is 0. The second kappa shape index (κ2) is 4.25. The van der Waals surface area contributed by atoms with Gasteiger partial charge in [0.15, 0.2) is 0 Å². The van der Waals surface area contributed by atoms with Crippen molar-refractivity contribution in [3.63, 3.8) is 0 Å². The van der Waals surface area contributed by atoms with Crippen LogP contribution in [0.5, 0.6) is 0 Å². The van der Waals surface area contributed by atoms with Crippen molar-refractivity contribution in [3.05, 3.63) is 29.0 Å². The third kappa shape index (κ3) is 2.07. The van der Waals surface area contributed by atoms with E-state index in [0.717, 1.165) is 12.0 Å². The first kappa shape index (κ1) is 9.24. The molecule has 1 nitrogen and oxygen atoms in total. The van der Waals surface area contributed by atoms with Gasteiger partial charge in [-0.3, -0.25) is 0 Å². The molecule has 62 valence electrons. The molecule has 0 aromatic carbocycles. The Bertz CT molecular complexity index is 278. The summed E-state index contributed by atoms with van der Waals surface area (Å²) >= 11 is 0. The summed E-state index contributed by atoms with van der Waals surface area (Å²) in [5, 5.41) is 9.34. The van der Waals surface area contributed by atoms with Crippen LogP contribution in [0.4, 0.5) is 0 Å². The van der Waals surface area contributed by atoms with E-state index in [1.165, 1.54) is 5.57 Å². The van der Waals surface area contributed by atoms with Crippen molar-refractivity contribution in [2.75, 3.05) is 0 Å². The Morgan fingerprint density at radius 3 is 3.08 bits per heavy atom. The molecular weight excluding hydrogens is 147 g/mol. The molecule has 0 bridgehead atoms. The van der Waals surface area contributed by atoms with Crippen molar-refractivity contribution >= 4 is 12.9 Å². The molecule has 1 atom stereocenters. The van der Waals surface area contributed by atoms with E-state index in [1.807, 2.05) is 31.9 Å². The van der Waals surface area contributed by atoms with Gasteiger partial charge < -0.3 is 0 Å². The van der Waals surface area contributed by atoms with Gasteiger partial charge in [0.1, 0.15) is 0 Å². The van der Waals surface area contributed by atoms with Crippen LogP contribution in [-0.2, 0) is 0 Å². The number of hydrogen-bond donors (Lipinski definition) is 1. The molecule has 2 heteroatoms. The molecule has 0 radical (unpaired) electrons. The van der Waals surface area contributed by atoms with Crippen LogP contribution >= 0.6 is 0 Å². The molecule has 1 aliphatic carbocycles. The molecular formula is C10H13BO. The zero-order valence-electron chi connectivity index (χ0n) is 7.54. The molecule has 0 saturated heterocycles. The minimum absolute atomic E-state index is 0.403. The molecule has 0 aromatic rings. The Labute approximate surface area is 74.0 Å². The molecule has 0 heterocycles. The van der Waals surface area contributed by atoms with Gasteiger partial charge in [-0.25, -0.2) is 0 Å². The van der Waals surface area contributed by atoms with Gasteiger partial charge in [0.2, 0.25) is 0 Å². The molecule has 0 aliphatic heterocycles. The van der Waals surface area contributed by atoms with Crippen molar-refractivity contribution in [3.8, 4) is 0 Å². The van der Waals surface area contributed by atoms with E-state index in [2.05, 4.69) is 5.73 Å². The first-order chi connectivity index (χ1) is 5.75. The fraction of sp³-hybridized carbons (Fsp3) is 0.400. The number of rotatable bonds is 2. The second-order valence-corrected chi connectivity index (χ2v) is 2.86. The van der Waals surface area contributed by atoms with Crippen LogP contribution in [0, 0.1) is 0 Å². The molecule has 1 unspecified atom stereocenters. The average Bonchev–Trinajstić information content (AvgIpc) is 2.48. The van der Waals surface area contributed by atoms with Crippen molar-refractivity contribution in [2.24, 2.45) is 0 Å². The van der Waals surface area contributed by atoms with E-state index in [-0.39, 0.29) is 0 Å². The van der Waals surface area contributed by atoms with E-state index in [4.69, 9.17) is 0 Å². The Hall–Kier alpha value is -0.845. The third-order valence-electron chi connectivity index (χ3n) is 1.83. The molecule has 0 saturated carbocycles. The zero-order valence-corrected chi connectivity index (χ0v) is 7.54. The predicted octanol–water partition coefficient (Wildman–Crippen LogP) is 1.33. The van der Waals surface area contributed by atoms with Gasteiger partial charge in [0.25, 0.3) is 0 Å². The summed E-state index contributed by atoms with van der Waals surface area (Å²) in [6, 6.07) is 0. The van der Waals surface area contributed by atoms with Crippen LogP contribution in [0.25, 0.3) is 0 Å². The quantitative estimate of drug-likeness (QED) is 0.477. The molecule has 1 N–H and O–H groups in total. The topological polar surface area (TPSA) is 20.2 Å². The Kier molecular flexibility index (Phi) is 3.27. The minimum atomic E-state index is -0.403. The summed E-state index contributed by atoms with van der Waals surface area (Å²) in [6.07, 6.45) is 4.47. The molecule has 0 spiro atoms. The molecule has 0 aromatic heterocycles.